The van der Waals surface area contributed by atoms with Gasteiger partial charge in [-0.15, -0.1) is 0 Å². The summed E-state index contributed by atoms with van der Waals surface area (Å²) in [7, 11) is 0. The van der Waals surface area contributed by atoms with Crippen molar-refractivity contribution in [3.63, 3.8) is 0 Å². The van der Waals surface area contributed by atoms with Crippen molar-refractivity contribution in [1.29, 1.82) is 0 Å². The Kier molecular flexibility index (Phi) is 4.13. The average Bonchev–Trinajstić information content (AvgIpc) is 2.77. The summed E-state index contributed by atoms with van der Waals surface area (Å²) in [6.07, 6.45) is 0. The second kappa shape index (κ2) is 5.81. The van der Waals surface area contributed by atoms with Crippen molar-refractivity contribution >= 4 is 23.2 Å². The highest BCUT2D eigenvalue weighted by Gasteiger charge is 2.31. The Hall–Kier alpha value is -1.92. The van der Waals surface area contributed by atoms with Gasteiger partial charge in [-0.1, -0.05) is 0 Å². The van der Waals surface area contributed by atoms with Crippen LogP contribution >= 0.6 is 0 Å². The van der Waals surface area contributed by atoms with E-state index in [0.717, 1.165) is 0 Å². The van der Waals surface area contributed by atoms with Gasteiger partial charge < -0.3 is 21.1 Å². The van der Waals surface area contributed by atoms with Crippen LogP contribution in [0.3, 0.4) is 0 Å². The first-order chi connectivity index (χ1) is 9.06. The molecule has 0 saturated carbocycles. The number of nitrogens with one attached hydrogen (secondary N) is 2. The molecule has 1 saturated heterocycles. The lowest BCUT2D eigenvalue weighted by atomic mass is 10.0. The van der Waals surface area contributed by atoms with Gasteiger partial charge in [-0.3, -0.25) is 9.59 Å². The van der Waals surface area contributed by atoms with E-state index in [0.29, 0.717) is 24.6 Å². The standard InChI is InChI=1S/C13H17N3O3/c1-8(17)15-9-2-4-10(5-3-9)16-13(18)11-6-19-7-12(11)14/h2-5,11-12H,6-7,14H2,1H3,(H,15,17)(H,16,18). The Labute approximate surface area is 111 Å². The zero-order valence-corrected chi connectivity index (χ0v) is 10.7. The van der Waals surface area contributed by atoms with E-state index in [1.807, 2.05) is 0 Å². The minimum Gasteiger partial charge on any atom is -0.379 e. The zero-order chi connectivity index (χ0) is 13.8. The summed E-state index contributed by atoms with van der Waals surface area (Å²) in [5.74, 6) is -0.585. The van der Waals surface area contributed by atoms with Gasteiger partial charge in [0.1, 0.15) is 0 Å². The first-order valence-corrected chi connectivity index (χ1v) is 6.08. The van der Waals surface area contributed by atoms with Crippen molar-refractivity contribution in [3.8, 4) is 0 Å². The van der Waals surface area contributed by atoms with Gasteiger partial charge in [0.25, 0.3) is 0 Å². The van der Waals surface area contributed by atoms with Crippen LogP contribution in [-0.4, -0.2) is 31.1 Å². The Morgan fingerprint density at radius 2 is 1.74 bits per heavy atom. The van der Waals surface area contributed by atoms with E-state index in [-0.39, 0.29) is 23.8 Å². The van der Waals surface area contributed by atoms with Crippen LogP contribution < -0.4 is 16.4 Å². The molecule has 102 valence electrons. The third-order valence-corrected chi connectivity index (χ3v) is 2.93. The zero-order valence-electron chi connectivity index (χ0n) is 10.7. The van der Waals surface area contributed by atoms with Gasteiger partial charge in [0, 0.05) is 24.3 Å². The summed E-state index contributed by atoms with van der Waals surface area (Å²) in [5.41, 5.74) is 7.13. The molecule has 1 heterocycles. The molecule has 0 bridgehead atoms. The molecule has 2 unspecified atom stereocenters. The molecule has 2 rings (SSSR count). The number of amides is 2. The lowest BCUT2D eigenvalue weighted by molar-refractivity contribution is -0.120. The number of nitrogens with two attached hydrogens (primary N) is 1. The molecule has 2 atom stereocenters. The summed E-state index contributed by atoms with van der Waals surface area (Å²) in [4.78, 5) is 22.8. The highest BCUT2D eigenvalue weighted by molar-refractivity contribution is 5.94. The van der Waals surface area contributed by atoms with Crippen LogP contribution in [-0.2, 0) is 14.3 Å². The Morgan fingerprint density at radius 1 is 1.16 bits per heavy atom. The second-order valence-corrected chi connectivity index (χ2v) is 4.56. The van der Waals surface area contributed by atoms with Gasteiger partial charge in [0.2, 0.25) is 11.8 Å². The van der Waals surface area contributed by atoms with E-state index in [1.54, 1.807) is 24.3 Å². The van der Waals surface area contributed by atoms with Crippen molar-refractivity contribution < 1.29 is 14.3 Å². The van der Waals surface area contributed by atoms with E-state index in [4.69, 9.17) is 10.5 Å². The number of hydrogen-bond donors (Lipinski definition) is 3. The van der Waals surface area contributed by atoms with Crippen LogP contribution in [0.4, 0.5) is 11.4 Å². The summed E-state index contributed by atoms with van der Waals surface area (Å²) in [6.45, 7) is 2.22. The van der Waals surface area contributed by atoms with Gasteiger partial charge >= 0.3 is 0 Å². The third kappa shape index (κ3) is 3.52. The SMILES string of the molecule is CC(=O)Nc1ccc(NC(=O)C2COCC2N)cc1. The normalized spacial score (nSPS) is 22.0. The van der Waals surface area contributed by atoms with Crippen molar-refractivity contribution in [1.82, 2.24) is 0 Å². The van der Waals surface area contributed by atoms with Crippen molar-refractivity contribution in [2.45, 2.75) is 13.0 Å². The second-order valence-electron chi connectivity index (χ2n) is 4.56. The number of ether oxygens (including phenoxy) is 1. The van der Waals surface area contributed by atoms with Gasteiger partial charge in [-0.05, 0) is 24.3 Å². The molecule has 2 amide bonds. The summed E-state index contributed by atoms with van der Waals surface area (Å²) in [6, 6.07) is 6.65. The predicted octanol–water partition coefficient (Wildman–Crippen LogP) is 0.557. The smallest absolute Gasteiger partial charge is 0.231 e. The van der Waals surface area contributed by atoms with Crippen molar-refractivity contribution in [3.05, 3.63) is 24.3 Å². The maximum atomic E-state index is 11.9. The molecule has 0 aliphatic carbocycles. The molecule has 4 N–H and O–H groups in total. The van der Waals surface area contributed by atoms with Crippen LogP contribution in [0.1, 0.15) is 6.92 Å². The Morgan fingerprint density at radius 3 is 2.21 bits per heavy atom. The minimum atomic E-state index is -0.310. The molecule has 1 aliphatic rings. The highest BCUT2D eigenvalue weighted by Crippen LogP contribution is 2.17. The number of anilines is 2. The molecular formula is C13H17N3O3. The monoisotopic (exact) mass is 263 g/mol. The lowest BCUT2D eigenvalue weighted by Gasteiger charge is -2.13. The fourth-order valence-electron chi connectivity index (χ4n) is 1.92. The molecule has 19 heavy (non-hydrogen) atoms. The van der Waals surface area contributed by atoms with E-state index in [2.05, 4.69) is 10.6 Å². The summed E-state index contributed by atoms with van der Waals surface area (Å²) in [5, 5.41) is 5.44. The predicted molar refractivity (Wildman–Crippen MR) is 71.7 cm³/mol. The topological polar surface area (TPSA) is 93.5 Å². The molecule has 6 nitrogen and oxygen atoms in total. The number of benzene rings is 1. The highest BCUT2D eigenvalue weighted by atomic mass is 16.5. The van der Waals surface area contributed by atoms with Gasteiger partial charge in [0.15, 0.2) is 0 Å². The number of hydrogen-bond acceptors (Lipinski definition) is 4. The molecule has 1 fully saturated rings. The van der Waals surface area contributed by atoms with E-state index in [1.165, 1.54) is 6.92 Å². The van der Waals surface area contributed by atoms with Gasteiger partial charge in [0.05, 0.1) is 19.1 Å². The maximum Gasteiger partial charge on any atom is 0.231 e. The van der Waals surface area contributed by atoms with E-state index in [9.17, 15) is 9.59 Å². The lowest BCUT2D eigenvalue weighted by Crippen LogP contribution is -2.37. The molecule has 1 aromatic carbocycles. The number of carbonyl (C=O) groups excluding carboxylic acids is 2. The van der Waals surface area contributed by atoms with Crippen LogP contribution in [0, 0.1) is 5.92 Å². The average molecular weight is 263 g/mol. The maximum absolute atomic E-state index is 11.9. The first-order valence-electron chi connectivity index (χ1n) is 6.08. The van der Waals surface area contributed by atoms with Crippen LogP contribution in [0.5, 0.6) is 0 Å². The molecule has 0 radical (unpaired) electrons. The van der Waals surface area contributed by atoms with Gasteiger partial charge in [-0.25, -0.2) is 0 Å². The largest absolute Gasteiger partial charge is 0.379 e. The first kappa shape index (κ1) is 13.5. The minimum absolute atomic E-state index is 0.133. The van der Waals surface area contributed by atoms with Crippen LogP contribution in [0.2, 0.25) is 0 Å². The third-order valence-electron chi connectivity index (χ3n) is 2.93. The molecule has 1 aromatic rings. The fourth-order valence-corrected chi connectivity index (χ4v) is 1.92. The van der Waals surface area contributed by atoms with E-state index >= 15 is 0 Å². The molecule has 1 aliphatic heterocycles. The Bertz CT molecular complexity index is 473. The summed E-state index contributed by atoms with van der Waals surface area (Å²) < 4.78 is 5.16. The molecule has 6 heteroatoms. The van der Waals surface area contributed by atoms with E-state index < -0.39 is 0 Å². The molecule has 0 aromatic heterocycles. The van der Waals surface area contributed by atoms with Gasteiger partial charge in [-0.2, -0.15) is 0 Å². The molecular weight excluding hydrogens is 246 g/mol. The van der Waals surface area contributed by atoms with Crippen molar-refractivity contribution in [2.24, 2.45) is 11.7 Å². The molecule has 0 spiro atoms. The van der Waals surface area contributed by atoms with Crippen LogP contribution in [0.15, 0.2) is 24.3 Å². The van der Waals surface area contributed by atoms with Crippen LogP contribution in [0.25, 0.3) is 0 Å². The number of rotatable bonds is 3. The fraction of sp³-hybridized carbons (Fsp3) is 0.385. The summed E-state index contributed by atoms with van der Waals surface area (Å²) >= 11 is 0. The number of carbonyl (C=O) groups is 2. The van der Waals surface area contributed by atoms with Crippen molar-refractivity contribution in [2.75, 3.05) is 23.8 Å². The quantitative estimate of drug-likeness (QED) is 0.742. The Balaban J connectivity index is 1.95.